The smallest absolute Gasteiger partial charge is 0.330 e. The number of hydrogen-bond acceptors (Lipinski definition) is 3. The van der Waals surface area contributed by atoms with Crippen LogP contribution in [0.1, 0.15) is 12.8 Å². The molecule has 0 saturated carbocycles. The van der Waals surface area contributed by atoms with Crippen molar-refractivity contribution >= 4 is 0 Å². The lowest BCUT2D eigenvalue weighted by Crippen LogP contribution is -2.33. The van der Waals surface area contributed by atoms with Gasteiger partial charge < -0.3 is 11.1 Å². The Hall–Kier alpha value is -0.330. The first-order valence-electron chi connectivity index (χ1n) is 5.71. The Morgan fingerprint density at radius 2 is 2.12 bits per heavy atom. The number of likely N-dealkylation sites (tertiary alicyclic amines) is 1. The minimum Gasteiger partial charge on any atom is -0.330 e. The van der Waals surface area contributed by atoms with E-state index in [0.717, 1.165) is 25.9 Å². The van der Waals surface area contributed by atoms with Crippen LogP contribution in [0.15, 0.2) is 0 Å². The molecule has 0 amide bonds. The van der Waals surface area contributed by atoms with Crippen molar-refractivity contribution in [3.8, 4) is 0 Å². The highest BCUT2D eigenvalue weighted by atomic mass is 19.4. The van der Waals surface area contributed by atoms with Crippen molar-refractivity contribution in [1.29, 1.82) is 0 Å². The average molecular weight is 239 g/mol. The Balaban J connectivity index is 2.10. The van der Waals surface area contributed by atoms with E-state index in [-0.39, 0.29) is 0 Å². The SMILES string of the molecule is NCCCNCC1CCN(CC(F)(F)F)C1. The van der Waals surface area contributed by atoms with E-state index in [1.54, 1.807) is 0 Å². The largest absolute Gasteiger partial charge is 0.401 e. The summed E-state index contributed by atoms with van der Waals surface area (Å²) in [6.45, 7) is 2.64. The lowest BCUT2D eigenvalue weighted by molar-refractivity contribution is -0.143. The number of nitrogens with one attached hydrogen (secondary N) is 1. The molecule has 3 N–H and O–H groups in total. The molecule has 1 unspecified atom stereocenters. The first-order valence-corrected chi connectivity index (χ1v) is 5.71. The monoisotopic (exact) mass is 239 g/mol. The predicted octanol–water partition coefficient (Wildman–Crippen LogP) is 0.809. The van der Waals surface area contributed by atoms with Gasteiger partial charge in [0.05, 0.1) is 6.54 Å². The third-order valence-electron chi connectivity index (χ3n) is 2.76. The Morgan fingerprint density at radius 3 is 2.75 bits per heavy atom. The van der Waals surface area contributed by atoms with Gasteiger partial charge in [-0.25, -0.2) is 0 Å². The molecule has 1 rings (SSSR count). The molecule has 1 fully saturated rings. The second-order valence-corrected chi connectivity index (χ2v) is 4.35. The highest BCUT2D eigenvalue weighted by molar-refractivity contribution is 4.78. The fourth-order valence-electron chi connectivity index (χ4n) is 2.01. The van der Waals surface area contributed by atoms with Gasteiger partial charge in [-0.2, -0.15) is 13.2 Å². The van der Waals surface area contributed by atoms with Gasteiger partial charge in [0.15, 0.2) is 0 Å². The molecule has 1 aliphatic rings. The van der Waals surface area contributed by atoms with Crippen LogP contribution in [0.25, 0.3) is 0 Å². The minimum absolute atomic E-state index is 0.347. The molecule has 96 valence electrons. The van der Waals surface area contributed by atoms with Crippen molar-refractivity contribution in [2.75, 3.05) is 39.3 Å². The minimum atomic E-state index is -4.07. The summed E-state index contributed by atoms with van der Waals surface area (Å²) in [6, 6.07) is 0. The molecule has 0 spiro atoms. The van der Waals surface area contributed by atoms with Crippen LogP contribution >= 0.6 is 0 Å². The van der Waals surface area contributed by atoms with E-state index in [1.807, 2.05) is 0 Å². The van der Waals surface area contributed by atoms with Crippen molar-refractivity contribution in [3.63, 3.8) is 0 Å². The molecule has 0 aliphatic carbocycles. The van der Waals surface area contributed by atoms with Crippen LogP contribution in [0.3, 0.4) is 0 Å². The van der Waals surface area contributed by atoms with Crippen LogP contribution < -0.4 is 11.1 Å². The number of rotatable bonds is 6. The van der Waals surface area contributed by atoms with Crippen molar-refractivity contribution in [2.45, 2.75) is 19.0 Å². The molecule has 6 heteroatoms. The molecular weight excluding hydrogens is 219 g/mol. The van der Waals surface area contributed by atoms with Crippen LogP contribution in [0.2, 0.25) is 0 Å². The molecule has 0 bridgehead atoms. The van der Waals surface area contributed by atoms with Gasteiger partial charge in [-0.15, -0.1) is 0 Å². The lowest BCUT2D eigenvalue weighted by Gasteiger charge is -2.17. The van der Waals surface area contributed by atoms with E-state index in [9.17, 15) is 13.2 Å². The van der Waals surface area contributed by atoms with Gasteiger partial charge in [-0.1, -0.05) is 0 Å². The normalized spacial score (nSPS) is 22.9. The Kier molecular flexibility index (Phi) is 5.51. The Morgan fingerprint density at radius 1 is 1.38 bits per heavy atom. The summed E-state index contributed by atoms with van der Waals surface area (Å²) >= 11 is 0. The van der Waals surface area contributed by atoms with Crippen LogP contribution in [-0.4, -0.2) is 50.3 Å². The number of nitrogens with two attached hydrogens (primary N) is 1. The van der Waals surface area contributed by atoms with Gasteiger partial charge in [-0.3, -0.25) is 4.90 Å². The molecule has 16 heavy (non-hydrogen) atoms. The summed E-state index contributed by atoms with van der Waals surface area (Å²) in [5.74, 6) is 0.347. The molecule has 1 atom stereocenters. The molecule has 0 aromatic rings. The van der Waals surface area contributed by atoms with Gasteiger partial charge in [0.2, 0.25) is 0 Å². The molecule has 1 heterocycles. The first kappa shape index (κ1) is 13.7. The average Bonchev–Trinajstić information content (AvgIpc) is 2.58. The summed E-state index contributed by atoms with van der Waals surface area (Å²) in [5.41, 5.74) is 5.34. The fraction of sp³-hybridized carbons (Fsp3) is 1.00. The van der Waals surface area contributed by atoms with Gasteiger partial charge >= 0.3 is 6.18 Å². The van der Waals surface area contributed by atoms with Gasteiger partial charge in [0.25, 0.3) is 0 Å². The highest BCUT2D eigenvalue weighted by Gasteiger charge is 2.34. The van der Waals surface area contributed by atoms with Crippen LogP contribution in [0.4, 0.5) is 13.2 Å². The van der Waals surface area contributed by atoms with Crippen molar-refractivity contribution < 1.29 is 13.2 Å². The van der Waals surface area contributed by atoms with Crippen LogP contribution in [0.5, 0.6) is 0 Å². The summed E-state index contributed by atoms with van der Waals surface area (Å²) < 4.78 is 36.3. The molecule has 0 radical (unpaired) electrons. The standard InChI is InChI=1S/C10H20F3N3/c11-10(12,13)8-16-5-2-9(7-16)6-15-4-1-3-14/h9,15H,1-8,14H2. The van der Waals surface area contributed by atoms with E-state index in [2.05, 4.69) is 5.32 Å². The van der Waals surface area contributed by atoms with Gasteiger partial charge in [-0.05, 0) is 44.9 Å². The second kappa shape index (κ2) is 6.42. The van der Waals surface area contributed by atoms with Crippen molar-refractivity contribution in [2.24, 2.45) is 11.7 Å². The number of nitrogens with zero attached hydrogens (tertiary/aromatic N) is 1. The Labute approximate surface area is 94.2 Å². The van der Waals surface area contributed by atoms with Crippen molar-refractivity contribution in [1.82, 2.24) is 10.2 Å². The molecule has 1 saturated heterocycles. The van der Waals surface area contributed by atoms with Crippen LogP contribution in [-0.2, 0) is 0 Å². The zero-order valence-electron chi connectivity index (χ0n) is 9.39. The highest BCUT2D eigenvalue weighted by Crippen LogP contribution is 2.22. The van der Waals surface area contributed by atoms with E-state index in [1.165, 1.54) is 4.90 Å². The molecular formula is C10H20F3N3. The summed E-state index contributed by atoms with van der Waals surface area (Å²) in [4.78, 5) is 1.48. The molecule has 3 nitrogen and oxygen atoms in total. The topological polar surface area (TPSA) is 41.3 Å². The number of hydrogen-bond donors (Lipinski definition) is 2. The Bertz CT molecular complexity index is 196. The molecule has 0 aromatic carbocycles. The molecule has 0 aromatic heterocycles. The summed E-state index contributed by atoms with van der Waals surface area (Å²) in [7, 11) is 0. The quantitative estimate of drug-likeness (QED) is 0.674. The van der Waals surface area contributed by atoms with Gasteiger partial charge in [0.1, 0.15) is 0 Å². The zero-order valence-corrected chi connectivity index (χ0v) is 9.39. The maximum Gasteiger partial charge on any atom is 0.401 e. The maximum absolute atomic E-state index is 12.1. The van der Waals surface area contributed by atoms with Crippen molar-refractivity contribution in [3.05, 3.63) is 0 Å². The summed E-state index contributed by atoms with van der Waals surface area (Å²) in [5, 5.41) is 3.22. The molecule has 1 aliphatic heterocycles. The zero-order chi connectivity index (χ0) is 12.0. The van der Waals surface area contributed by atoms with Gasteiger partial charge in [0, 0.05) is 6.54 Å². The second-order valence-electron chi connectivity index (χ2n) is 4.35. The third kappa shape index (κ3) is 5.67. The maximum atomic E-state index is 12.1. The fourth-order valence-corrected chi connectivity index (χ4v) is 2.01. The predicted molar refractivity (Wildman–Crippen MR) is 57.1 cm³/mol. The first-order chi connectivity index (χ1) is 7.51. The van der Waals surface area contributed by atoms with E-state index in [0.29, 0.717) is 25.6 Å². The number of halogens is 3. The summed E-state index contributed by atoms with van der Waals surface area (Å²) in [6.07, 6.45) is -2.30. The van der Waals surface area contributed by atoms with E-state index in [4.69, 9.17) is 5.73 Å². The third-order valence-corrected chi connectivity index (χ3v) is 2.76. The van der Waals surface area contributed by atoms with E-state index < -0.39 is 12.7 Å². The van der Waals surface area contributed by atoms with Crippen LogP contribution in [0, 0.1) is 5.92 Å². The van der Waals surface area contributed by atoms with E-state index >= 15 is 0 Å². The number of alkyl halides is 3. The lowest BCUT2D eigenvalue weighted by atomic mass is 10.1.